The van der Waals surface area contributed by atoms with Gasteiger partial charge in [0.2, 0.25) is 0 Å². The molecule has 4 nitrogen and oxygen atoms in total. The van der Waals surface area contributed by atoms with Crippen molar-refractivity contribution in [2.75, 3.05) is 24.4 Å². The van der Waals surface area contributed by atoms with E-state index in [0.717, 1.165) is 17.9 Å². The zero-order valence-corrected chi connectivity index (χ0v) is 11.3. The predicted octanol–water partition coefficient (Wildman–Crippen LogP) is 1.99. The molecule has 0 fully saturated rings. The van der Waals surface area contributed by atoms with Gasteiger partial charge in [0.05, 0.1) is 17.4 Å². The van der Waals surface area contributed by atoms with Gasteiger partial charge in [0, 0.05) is 19.3 Å². The van der Waals surface area contributed by atoms with E-state index in [9.17, 15) is 4.79 Å². The summed E-state index contributed by atoms with van der Waals surface area (Å²) < 4.78 is 0. The van der Waals surface area contributed by atoms with Gasteiger partial charge in [0.25, 0.3) is 5.91 Å². The van der Waals surface area contributed by atoms with Crippen LogP contribution in [0.15, 0.2) is 18.5 Å². The summed E-state index contributed by atoms with van der Waals surface area (Å²) in [5.74, 6) is 1.00. The van der Waals surface area contributed by atoms with Gasteiger partial charge in [-0.2, -0.15) is 11.8 Å². The molecule has 1 atom stereocenters. The van der Waals surface area contributed by atoms with Gasteiger partial charge in [-0.3, -0.25) is 9.78 Å². The van der Waals surface area contributed by atoms with Crippen molar-refractivity contribution in [3.63, 3.8) is 0 Å². The van der Waals surface area contributed by atoms with Gasteiger partial charge in [-0.05, 0) is 31.4 Å². The third kappa shape index (κ3) is 4.26. The molecule has 17 heavy (non-hydrogen) atoms. The molecule has 1 unspecified atom stereocenters. The van der Waals surface area contributed by atoms with Crippen LogP contribution in [0.1, 0.15) is 23.7 Å². The first kappa shape index (κ1) is 13.8. The first-order chi connectivity index (χ1) is 8.19. The first-order valence-corrected chi connectivity index (χ1v) is 7.00. The van der Waals surface area contributed by atoms with E-state index < -0.39 is 0 Å². The summed E-state index contributed by atoms with van der Waals surface area (Å²) >= 11 is 1.79. The Morgan fingerprint density at radius 2 is 2.35 bits per heavy atom. The van der Waals surface area contributed by atoms with Crippen molar-refractivity contribution in [3.05, 3.63) is 24.0 Å². The minimum Gasteiger partial charge on any atom is -0.386 e. The normalized spacial score (nSPS) is 11.9. The molecule has 1 aromatic heterocycles. The average Bonchev–Trinajstić information content (AvgIpc) is 2.36. The first-order valence-electron chi connectivity index (χ1n) is 5.60. The maximum atomic E-state index is 12.0. The Kier molecular flexibility index (Phi) is 5.83. The SMILES string of the molecule is CNc1cnccc1C(=O)NC(C)CCSC. The van der Waals surface area contributed by atoms with Crippen molar-refractivity contribution in [3.8, 4) is 0 Å². The second kappa shape index (κ2) is 7.17. The molecular weight excluding hydrogens is 234 g/mol. The number of hydrogen-bond acceptors (Lipinski definition) is 4. The number of thioether (sulfide) groups is 1. The number of nitrogens with zero attached hydrogens (tertiary/aromatic N) is 1. The van der Waals surface area contributed by atoms with Crippen LogP contribution in [0.2, 0.25) is 0 Å². The number of hydrogen-bond donors (Lipinski definition) is 2. The predicted molar refractivity (Wildman–Crippen MR) is 73.7 cm³/mol. The van der Waals surface area contributed by atoms with E-state index in [1.54, 1.807) is 37.3 Å². The molecule has 0 bridgehead atoms. The van der Waals surface area contributed by atoms with E-state index in [4.69, 9.17) is 0 Å². The molecule has 1 aromatic rings. The zero-order chi connectivity index (χ0) is 12.7. The summed E-state index contributed by atoms with van der Waals surface area (Å²) in [4.78, 5) is 16.0. The van der Waals surface area contributed by atoms with E-state index in [-0.39, 0.29) is 11.9 Å². The number of carbonyl (C=O) groups is 1. The Morgan fingerprint density at radius 1 is 1.59 bits per heavy atom. The molecule has 2 N–H and O–H groups in total. The molecule has 0 aliphatic carbocycles. The molecule has 0 spiro atoms. The number of carbonyl (C=O) groups excluding carboxylic acids is 1. The molecule has 0 saturated heterocycles. The lowest BCUT2D eigenvalue weighted by atomic mass is 10.2. The van der Waals surface area contributed by atoms with Crippen LogP contribution in [0.3, 0.4) is 0 Å². The minimum absolute atomic E-state index is 0.0506. The van der Waals surface area contributed by atoms with Crippen LogP contribution >= 0.6 is 11.8 Å². The molecule has 0 aliphatic heterocycles. The maximum Gasteiger partial charge on any atom is 0.253 e. The van der Waals surface area contributed by atoms with Crippen molar-refractivity contribution in [2.24, 2.45) is 0 Å². The van der Waals surface area contributed by atoms with E-state index in [1.165, 1.54) is 0 Å². The number of amides is 1. The van der Waals surface area contributed by atoms with E-state index >= 15 is 0 Å². The summed E-state index contributed by atoms with van der Waals surface area (Å²) in [6.07, 6.45) is 6.33. The van der Waals surface area contributed by atoms with Gasteiger partial charge in [-0.25, -0.2) is 0 Å². The van der Waals surface area contributed by atoms with Crippen molar-refractivity contribution in [2.45, 2.75) is 19.4 Å². The molecule has 1 amide bonds. The van der Waals surface area contributed by atoms with Crippen LogP contribution in [0.5, 0.6) is 0 Å². The lowest BCUT2D eigenvalue weighted by molar-refractivity contribution is 0.0940. The second-order valence-corrected chi connectivity index (χ2v) is 4.81. The van der Waals surface area contributed by atoms with Crippen LogP contribution in [-0.2, 0) is 0 Å². The van der Waals surface area contributed by atoms with Gasteiger partial charge >= 0.3 is 0 Å². The average molecular weight is 253 g/mol. The molecule has 0 aromatic carbocycles. The van der Waals surface area contributed by atoms with Crippen molar-refractivity contribution in [1.82, 2.24) is 10.3 Å². The molecule has 94 valence electrons. The lowest BCUT2D eigenvalue weighted by Gasteiger charge is -2.14. The maximum absolute atomic E-state index is 12.0. The molecule has 1 rings (SSSR count). The van der Waals surface area contributed by atoms with Crippen LogP contribution in [0.4, 0.5) is 5.69 Å². The second-order valence-electron chi connectivity index (χ2n) is 3.83. The molecule has 1 heterocycles. The Balaban J connectivity index is 2.63. The summed E-state index contributed by atoms with van der Waals surface area (Å²) in [7, 11) is 1.78. The Bertz CT molecular complexity index is 371. The fourth-order valence-corrected chi connectivity index (χ4v) is 2.05. The van der Waals surface area contributed by atoms with E-state index in [1.807, 2.05) is 6.92 Å². The zero-order valence-electron chi connectivity index (χ0n) is 10.5. The Morgan fingerprint density at radius 3 is 3.00 bits per heavy atom. The minimum atomic E-state index is -0.0506. The fourth-order valence-electron chi connectivity index (χ4n) is 1.46. The smallest absolute Gasteiger partial charge is 0.253 e. The summed E-state index contributed by atoms with van der Waals surface area (Å²) in [6, 6.07) is 1.91. The summed E-state index contributed by atoms with van der Waals surface area (Å²) in [5, 5.41) is 5.95. The summed E-state index contributed by atoms with van der Waals surface area (Å²) in [5.41, 5.74) is 1.39. The van der Waals surface area contributed by atoms with Crippen LogP contribution < -0.4 is 10.6 Å². The van der Waals surface area contributed by atoms with E-state index in [2.05, 4.69) is 21.9 Å². The number of aromatic nitrogens is 1. The Labute approximate surface area is 107 Å². The molecule has 0 aliphatic rings. The number of pyridine rings is 1. The quantitative estimate of drug-likeness (QED) is 0.814. The van der Waals surface area contributed by atoms with Gasteiger partial charge in [0.15, 0.2) is 0 Å². The number of nitrogens with one attached hydrogen (secondary N) is 2. The highest BCUT2D eigenvalue weighted by Crippen LogP contribution is 2.12. The summed E-state index contributed by atoms with van der Waals surface area (Å²) in [6.45, 7) is 2.02. The third-order valence-electron chi connectivity index (χ3n) is 2.47. The highest BCUT2D eigenvalue weighted by atomic mass is 32.2. The van der Waals surface area contributed by atoms with Gasteiger partial charge in [-0.1, -0.05) is 0 Å². The molecule has 0 saturated carbocycles. The largest absolute Gasteiger partial charge is 0.386 e. The number of anilines is 1. The third-order valence-corrected chi connectivity index (χ3v) is 3.11. The van der Waals surface area contributed by atoms with E-state index in [0.29, 0.717) is 5.56 Å². The van der Waals surface area contributed by atoms with Gasteiger partial charge in [-0.15, -0.1) is 0 Å². The van der Waals surface area contributed by atoms with Crippen molar-refractivity contribution in [1.29, 1.82) is 0 Å². The standard InChI is InChI=1S/C12H19N3OS/c1-9(5-7-17-3)15-12(16)10-4-6-14-8-11(10)13-2/h4,6,8-9,13H,5,7H2,1-3H3,(H,15,16). The molecular formula is C12H19N3OS. The van der Waals surface area contributed by atoms with Crippen molar-refractivity contribution < 1.29 is 4.79 Å². The molecule has 0 radical (unpaired) electrons. The fraction of sp³-hybridized carbons (Fsp3) is 0.500. The van der Waals surface area contributed by atoms with Crippen LogP contribution in [-0.4, -0.2) is 36.0 Å². The van der Waals surface area contributed by atoms with Crippen molar-refractivity contribution >= 4 is 23.4 Å². The Hall–Kier alpha value is -1.23. The highest BCUT2D eigenvalue weighted by molar-refractivity contribution is 7.98. The van der Waals surface area contributed by atoms with Gasteiger partial charge < -0.3 is 10.6 Å². The van der Waals surface area contributed by atoms with Crippen LogP contribution in [0.25, 0.3) is 0 Å². The lowest BCUT2D eigenvalue weighted by Crippen LogP contribution is -2.33. The van der Waals surface area contributed by atoms with Crippen LogP contribution in [0, 0.1) is 0 Å². The number of rotatable bonds is 6. The van der Waals surface area contributed by atoms with Gasteiger partial charge in [0.1, 0.15) is 0 Å². The topological polar surface area (TPSA) is 54.0 Å². The molecule has 5 heteroatoms. The highest BCUT2D eigenvalue weighted by Gasteiger charge is 2.12. The monoisotopic (exact) mass is 253 g/mol.